The summed E-state index contributed by atoms with van der Waals surface area (Å²) in [4.78, 5) is 11.2. The number of rotatable bonds is 2. The molecule has 1 rings (SSSR count). The molecule has 0 aliphatic carbocycles. The molecule has 1 heterocycles. The third kappa shape index (κ3) is 2.22. The van der Waals surface area contributed by atoms with Crippen molar-refractivity contribution in [2.45, 2.75) is 44.3 Å². The summed E-state index contributed by atoms with van der Waals surface area (Å²) in [5.41, 5.74) is -4.67. The lowest BCUT2D eigenvalue weighted by atomic mass is 9.68. The number of halogens is 5. The summed E-state index contributed by atoms with van der Waals surface area (Å²) in [6, 6.07) is 0. The molecule has 0 spiro atoms. The van der Waals surface area contributed by atoms with Gasteiger partial charge in [0.2, 0.25) is 0 Å². The predicted molar refractivity (Wildman–Crippen MR) is 60.4 cm³/mol. The number of hydrogen-bond donors (Lipinski definition) is 1. The molecule has 1 fully saturated rings. The first-order valence-electron chi connectivity index (χ1n) is 5.82. The molecule has 0 amide bonds. The van der Waals surface area contributed by atoms with Gasteiger partial charge in [0.05, 0.1) is 6.61 Å². The second-order valence-corrected chi connectivity index (χ2v) is 5.55. The Balaban J connectivity index is 3.48. The summed E-state index contributed by atoms with van der Waals surface area (Å²) in [5.74, 6) is -11.0. The molecular formula is C12H15F5O4. The minimum absolute atomic E-state index is 0.541. The number of ether oxygens (including phenoxy) is 2. The van der Waals surface area contributed by atoms with Crippen molar-refractivity contribution in [3.63, 3.8) is 0 Å². The fourth-order valence-corrected chi connectivity index (χ4v) is 1.97. The average molecular weight is 318 g/mol. The first kappa shape index (κ1) is 17.8. The van der Waals surface area contributed by atoms with Gasteiger partial charge in [-0.05, 0) is 6.92 Å². The topological polar surface area (TPSA) is 55.8 Å². The SMILES string of the molecule is C=CC(=O)OC1(C)C(C)(C)COC(O)(C(F)(F)F)C1(F)F. The molecule has 1 aliphatic heterocycles. The van der Waals surface area contributed by atoms with Gasteiger partial charge >= 0.3 is 23.9 Å². The summed E-state index contributed by atoms with van der Waals surface area (Å²) in [7, 11) is 0. The van der Waals surface area contributed by atoms with Crippen molar-refractivity contribution in [2.24, 2.45) is 5.41 Å². The first-order chi connectivity index (χ1) is 9.16. The van der Waals surface area contributed by atoms with E-state index < -0.39 is 41.5 Å². The first-order valence-corrected chi connectivity index (χ1v) is 5.82. The van der Waals surface area contributed by atoms with Gasteiger partial charge in [0.25, 0.3) is 0 Å². The van der Waals surface area contributed by atoms with Gasteiger partial charge < -0.3 is 14.6 Å². The van der Waals surface area contributed by atoms with E-state index in [-0.39, 0.29) is 0 Å². The van der Waals surface area contributed by atoms with E-state index in [0.717, 1.165) is 13.8 Å². The Kier molecular flexibility index (Phi) is 3.94. The van der Waals surface area contributed by atoms with Crippen LogP contribution in [0.25, 0.3) is 0 Å². The maximum Gasteiger partial charge on any atom is 0.449 e. The number of carbonyl (C=O) groups excluding carboxylic acids is 1. The van der Waals surface area contributed by atoms with Gasteiger partial charge in [0.1, 0.15) is 0 Å². The van der Waals surface area contributed by atoms with Crippen LogP contribution in [0.2, 0.25) is 0 Å². The number of carbonyl (C=O) groups is 1. The van der Waals surface area contributed by atoms with Crippen molar-refractivity contribution >= 4 is 5.97 Å². The second kappa shape index (κ2) is 4.64. The van der Waals surface area contributed by atoms with Crippen molar-refractivity contribution < 1.29 is 41.3 Å². The molecule has 0 aromatic carbocycles. The zero-order chi connectivity index (χ0) is 16.9. The van der Waals surface area contributed by atoms with Crippen molar-refractivity contribution in [3.8, 4) is 0 Å². The van der Waals surface area contributed by atoms with E-state index in [1.807, 2.05) is 0 Å². The monoisotopic (exact) mass is 318 g/mol. The van der Waals surface area contributed by atoms with Gasteiger partial charge in [-0.2, -0.15) is 22.0 Å². The molecule has 1 aliphatic rings. The summed E-state index contributed by atoms with van der Waals surface area (Å²) < 4.78 is 75.8. The molecule has 4 nitrogen and oxygen atoms in total. The van der Waals surface area contributed by atoms with Crippen molar-refractivity contribution in [3.05, 3.63) is 12.7 Å². The minimum atomic E-state index is -5.78. The van der Waals surface area contributed by atoms with E-state index in [1.165, 1.54) is 0 Å². The fourth-order valence-electron chi connectivity index (χ4n) is 1.97. The van der Waals surface area contributed by atoms with E-state index in [9.17, 15) is 31.9 Å². The van der Waals surface area contributed by atoms with Gasteiger partial charge in [-0.3, -0.25) is 0 Å². The molecule has 0 bridgehead atoms. The summed E-state index contributed by atoms with van der Waals surface area (Å²) in [5, 5.41) is 9.37. The Hall–Kier alpha value is -1.22. The van der Waals surface area contributed by atoms with Crippen LogP contribution in [0, 0.1) is 5.41 Å². The van der Waals surface area contributed by atoms with Gasteiger partial charge in [0.15, 0.2) is 5.60 Å². The molecule has 0 aromatic rings. The second-order valence-electron chi connectivity index (χ2n) is 5.55. The molecule has 1 N–H and O–H groups in total. The quantitative estimate of drug-likeness (QED) is 0.483. The van der Waals surface area contributed by atoms with Crippen LogP contribution in [0.3, 0.4) is 0 Å². The number of esters is 1. The standard InChI is InChI=1S/C12H15F5O4/c1-5-7(18)21-9(4)8(2,3)6-20-11(19,10(9,13)14)12(15,16)17/h5,19H,1,6H2,2-4H3. The maximum atomic E-state index is 14.4. The van der Waals surface area contributed by atoms with Crippen LogP contribution in [0.4, 0.5) is 22.0 Å². The number of aliphatic hydroxyl groups is 1. The van der Waals surface area contributed by atoms with Gasteiger partial charge in [-0.25, -0.2) is 4.79 Å². The Labute approximate surface area is 117 Å². The number of hydrogen-bond acceptors (Lipinski definition) is 4. The van der Waals surface area contributed by atoms with E-state index in [0.29, 0.717) is 13.0 Å². The molecule has 122 valence electrons. The van der Waals surface area contributed by atoms with Crippen LogP contribution in [-0.4, -0.2) is 41.2 Å². The lowest BCUT2D eigenvalue weighted by Gasteiger charge is -2.56. The molecule has 9 heteroatoms. The Morgan fingerprint density at radius 2 is 1.81 bits per heavy atom. The van der Waals surface area contributed by atoms with Crippen LogP contribution in [0.5, 0.6) is 0 Å². The van der Waals surface area contributed by atoms with E-state index >= 15 is 0 Å². The van der Waals surface area contributed by atoms with Crippen molar-refractivity contribution in [2.75, 3.05) is 6.61 Å². The summed E-state index contributed by atoms with van der Waals surface area (Å²) in [6.07, 6.45) is -5.24. The Bertz CT molecular complexity index is 459. The Morgan fingerprint density at radius 1 is 1.33 bits per heavy atom. The summed E-state index contributed by atoms with van der Waals surface area (Å²) >= 11 is 0. The highest BCUT2D eigenvalue weighted by Crippen LogP contribution is 2.58. The van der Waals surface area contributed by atoms with E-state index in [1.54, 1.807) is 0 Å². The van der Waals surface area contributed by atoms with Gasteiger partial charge in [-0.1, -0.05) is 20.4 Å². The Morgan fingerprint density at radius 3 is 2.19 bits per heavy atom. The van der Waals surface area contributed by atoms with E-state index in [2.05, 4.69) is 16.1 Å². The molecule has 0 saturated carbocycles. The lowest BCUT2D eigenvalue weighted by Crippen LogP contribution is -2.77. The zero-order valence-electron chi connectivity index (χ0n) is 11.6. The fraction of sp³-hybridized carbons (Fsp3) is 0.750. The lowest BCUT2D eigenvalue weighted by molar-refractivity contribution is -0.486. The van der Waals surface area contributed by atoms with E-state index in [4.69, 9.17) is 0 Å². The van der Waals surface area contributed by atoms with Crippen LogP contribution in [0.1, 0.15) is 20.8 Å². The maximum absolute atomic E-state index is 14.4. The molecule has 1 saturated heterocycles. The normalized spacial score (nSPS) is 35.1. The average Bonchev–Trinajstić information content (AvgIpc) is 2.32. The minimum Gasteiger partial charge on any atom is -0.449 e. The third-order valence-corrected chi connectivity index (χ3v) is 3.81. The summed E-state index contributed by atoms with van der Waals surface area (Å²) in [6.45, 7) is 4.98. The van der Waals surface area contributed by atoms with Crippen LogP contribution in [-0.2, 0) is 14.3 Å². The largest absolute Gasteiger partial charge is 0.449 e. The van der Waals surface area contributed by atoms with Crippen molar-refractivity contribution in [1.29, 1.82) is 0 Å². The van der Waals surface area contributed by atoms with Crippen LogP contribution < -0.4 is 0 Å². The van der Waals surface area contributed by atoms with Gasteiger partial charge in [-0.15, -0.1) is 0 Å². The highest BCUT2D eigenvalue weighted by molar-refractivity contribution is 5.81. The molecule has 0 aromatic heterocycles. The smallest absolute Gasteiger partial charge is 0.449 e. The van der Waals surface area contributed by atoms with Crippen molar-refractivity contribution in [1.82, 2.24) is 0 Å². The van der Waals surface area contributed by atoms with Crippen LogP contribution in [0.15, 0.2) is 12.7 Å². The number of alkyl halides is 5. The highest BCUT2D eigenvalue weighted by Gasteiger charge is 2.83. The zero-order valence-corrected chi connectivity index (χ0v) is 11.6. The van der Waals surface area contributed by atoms with Crippen LogP contribution >= 0.6 is 0 Å². The molecule has 21 heavy (non-hydrogen) atoms. The molecule has 0 radical (unpaired) electrons. The molecular weight excluding hydrogens is 303 g/mol. The van der Waals surface area contributed by atoms with Gasteiger partial charge in [0, 0.05) is 11.5 Å². The third-order valence-electron chi connectivity index (χ3n) is 3.81. The molecule has 2 unspecified atom stereocenters. The predicted octanol–water partition coefficient (Wildman–Crippen LogP) is 2.42. The molecule has 2 atom stereocenters. The highest BCUT2D eigenvalue weighted by atomic mass is 19.4.